The minimum absolute atomic E-state index is 0.181. The Balaban J connectivity index is 1.51. The van der Waals surface area contributed by atoms with Crippen molar-refractivity contribution >= 4 is 46.0 Å². The fraction of sp³-hybridized carbons (Fsp3) is 0.250. The summed E-state index contributed by atoms with van der Waals surface area (Å²) in [6.45, 7) is 4.25. The molecule has 0 spiro atoms. The maximum absolute atomic E-state index is 12.3. The summed E-state index contributed by atoms with van der Waals surface area (Å²) in [5.74, 6) is 0.871. The van der Waals surface area contributed by atoms with E-state index in [0.717, 1.165) is 41.1 Å². The summed E-state index contributed by atoms with van der Waals surface area (Å²) in [6, 6.07) is 15.4. The molecule has 1 fully saturated rings. The molecule has 0 aliphatic carbocycles. The Kier molecular flexibility index (Phi) is 5.81. The third kappa shape index (κ3) is 4.77. The van der Waals surface area contributed by atoms with Crippen LogP contribution in [0.4, 0.5) is 11.5 Å². The maximum atomic E-state index is 12.3. The first kappa shape index (κ1) is 19.5. The number of hydrogen-bond donors (Lipinski definition) is 1. The Morgan fingerprint density at radius 3 is 2.72 bits per heavy atom. The number of carbonyl (C=O) groups is 1. The van der Waals surface area contributed by atoms with Crippen LogP contribution in [-0.2, 0) is 4.79 Å². The van der Waals surface area contributed by atoms with Crippen molar-refractivity contribution in [2.24, 2.45) is 0 Å². The molecule has 0 bridgehead atoms. The molecule has 1 N–H and O–H groups in total. The first-order chi connectivity index (χ1) is 14.1. The van der Waals surface area contributed by atoms with Crippen LogP contribution in [0.1, 0.15) is 30.4 Å². The average Bonchev–Trinajstić information content (AvgIpc) is 2.73. The van der Waals surface area contributed by atoms with Crippen LogP contribution < -0.4 is 10.2 Å². The summed E-state index contributed by atoms with van der Waals surface area (Å²) in [6.07, 6.45) is 7.02. The number of benzene rings is 2. The number of nitrogens with zero attached hydrogens (tertiary/aromatic N) is 2. The molecule has 1 aromatic heterocycles. The molecule has 4 rings (SSSR count). The number of halogens is 1. The molecule has 0 unspecified atom stereocenters. The molecule has 1 aliphatic rings. The minimum Gasteiger partial charge on any atom is -0.357 e. The Morgan fingerprint density at radius 2 is 1.93 bits per heavy atom. The lowest BCUT2D eigenvalue weighted by molar-refractivity contribution is -0.111. The third-order valence-electron chi connectivity index (χ3n) is 5.23. The van der Waals surface area contributed by atoms with E-state index in [1.807, 2.05) is 36.4 Å². The number of fused-ring (bicyclic) bond motifs is 1. The molecule has 0 radical (unpaired) electrons. The number of amides is 1. The van der Waals surface area contributed by atoms with Gasteiger partial charge in [-0.3, -0.25) is 4.79 Å². The van der Waals surface area contributed by atoms with Crippen LogP contribution in [0, 0.1) is 6.92 Å². The van der Waals surface area contributed by atoms with E-state index in [4.69, 9.17) is 16.6 Å². The molecule has 0 saturated carbocycles. The summed E-state index contributed by atoms with van der Waals surface area (Å²) < 4.78 is 0. The molecular formula is C24H24ClN3O. The Bertz CT molecular complexity index is 1070. The highest BCUT2D eigenvalue weighted by Gasteiger charge is 2.14. The Labute approximate surface area is 176 Å². The second-order valence-corrected chi connectivity index (χ2v) is 7.89. The van der Waals surface area contributed by atoms with Gasteiger partial charge in [-0.1, -0.05) is 23.7 Å². The van der Waals surface area contributed by atoms with Gasteiger partial charge in [0.1, 0.15) is 5.82 Å². The van der Waals surface area contributed by atoms with Gasteiger partial charge in [0.2, 0.25) is 5.91 Å². The zero-order valence-electron chi connectivity index (χ0n) is 16.5. The van der Waals surface area contributed by atoms with Crippen LogP contribution in [0.25, 0.3) is 17.0 Å². The monoisotopic (exact) mass is 405 g/mol. The van der Waals surface area contributed by atoms with E-state index in [9.17, 15) is 4.79 Å². The molecular weight excluding hydrogens is 382 g/mol. The van der Waals surface area contributed by atoms with Gasteiger partial charge in [-0.15, -0.1) is 0 Å². The largest absolute Gasteiger partial charge is 0.357 e. The highest BCUT2D eigenvalue weighted by molar-refractivity contribution is 6.30. The highest BCUT2D eigenvalue weighted by Crippen LogP contribution is 2.27. The van der Waals surface area contributed by atoms with Crippen molar-refractivity contribution in [3.8, 4) is 0 Å². The standard InChI is InChI=1S/C24H24ClN3O/c1-17-14-23(28-12-3-2-4-13-28)27-22-10-9-20(16-21(17)22)26-24(29)11-8-18-6-5-7-19(25)15-18/h5-11,14-16H,2-4,12-13H2,1H3,(H,26,29)/b11-8+. The lowest BCUT2D eigenvalue weighted by Crippen LogP contribution is -2.30. The summed E-state index contributed by atoms with van der Waals surface area (Å²) in [7, 11) is 0. The first-order valence-corrected chi connectivity index (χ1v) is 10.4. The minimum atomic E-state index is -0.181. The predicted molar refractivity (Wildman–Crippen MR) is 122 cm³/mol. The molecule has 3 aromatic rings. The summed E-state index contributed by atoms with van der Waals surface area (Å²) in [5, 5.41) is 4.63. The van der Waals surface area contributed by atoms with E-state index in [2.05, 4.69) is 23.2 Å². The maximum Gasteiger partial charge on any atom is 0.248 e. The van der Waals surface area contributed by atoms with E-state index in [1.165, 1.54) is 30.9 Å². The predicted octanol–water partition coefficient (Wildman–Crippen LogP) is 5.84. The van der Waals surface area contributed by atoms with Crippen LogP contribution in [0.3, 0.4) is 0 Å². The van der Waals surface area contributed by atoms with Crippen molar-refractivity contribution in [3.05, 3.63) is 70.8 Å². The van der Waals surface area contributed by atoms with Crippen LogP contribution in [0.5, 0.6) is 0 Å². The zero-order valence-corrected chi connectivity index (χ0v) is 17.2. The molecule has 4 nitrogen and oxygen atoms in total. The first-order valence-electron chi connectivity index (χ1n) is 9.99. The number of pyridine rings is 1. The number of anilines is 2. The molecule has 1 saturated heterocycles. The Hall–Kier alpha value is -2.85. The summed E-state index contributed by atoms with van der Waals surface area (Å²) >= 11 is 5.98. The number of rotatable bonds is 4. The fourth-order valence-electron chi connectivity index (χ4n) is 3.71. The van der Waals surface area contributed by atoms with E-state index in [-0.39, 0.29) is 5.91 Å². The number of carbonyl (C=O) groups excluding carboxylic acids is 1. The molecule has 148 valence electrons. The smallest absolute Gasteiger partial charge is 0.248 e. The van der Waals surface area contributed by atoms with Crippen LogP contribution in [0.2, 0.25) is 5.02 Å². The van der Waals surface area contributed by atoms with Gasteiger partial charge in [-0.05, 0) is 79.8 Å². The molecule has 2 aromatic carbocycles. The summed E-state index contributed by atoms with van der Waals surface area (Å²) in [4.78, 5) is 19.5. The number of piperidine rings is 1. The van der Waals surface area contributed by atoms with Gasteiger partial charge < -0.3 is 10.2 Å². The van der Waals surface area contributed by atoms with Gasteiger partial charge >= 0.3 is 0 Å². The number of aromatic nitrogens is 1. The topological polar surface area (TPSA) is 45.2 Å². The molecule has 29 heavy (non-hydrogen) atoms. The van der Waals surface area contributed by atoms with E-state index < -0.39 is 0 Å². The van der Waals surface area contributed by atoms with Crippen LogP contribution in [-0.4, -0.2) is 24.0 Å². The Morgan fingerprint density at radius 1 is 1.10 bits per heavy atom. The van der Waals surface area contributed by atoms with E-state index in [0.29, 0.717) is 5.02 Å². The van der Waals surface area contributed by atoms with Crippen molar-refractivity contribution in [1.82, 2.24) is 4.98 Å². The van der Waals surface area contributed by atoms with Gasteiger partial charge in [0.15, 0.2) is 0 Å². The number of aryl methyl sites for hydroxylation is 1. The lowest BCUT2D eigenvalue weighted by Gasteiger charge is -2.28. The molecule has 0 atom stereocenters. The van der Waals surface area contributed by atoms with Crippen molar-refractivity contribution in [2.75, 3.05) is 23.3 Å². The number of nitrogens with one attached hydrogen (secondary N) is 1. The molecule has 1 amide bonds. The van der Waals surface area contributed by atoms with Gasteiger partial charge in [0.05, 0.1) is 5.52 Å². The fourth-order valence-corrected chi connectivity index (χ4v) is 3.90. The third-order valence-corrected chi connectivity index (χ3v) is 5.46. The van der Waals surface area contributed by atoms with E-state index >= 15 is 0 Å². The summed E-state index contributed by atoms with van der Waals surface area (Å²) in [5.41, 5.74) is 3.77. The molecule has 2 heterocycles. The van der Waals surface area contributed by atoms with Gasteiger partial charge in [0, 0.05) is 35.3 Å². The zero-order chi connectivity index (χ0) is 20.2. The van der Waals surface area contributed by atoms with Crippen molar-refractivity contribution < 1.29 is 4.79 Å². The van der Waals surface area contributed by atoms with Crippen LogP contribution in [0.15, 0.2) is 54.6 Å². The van der Waals surface area contributed by atoms with Gasteiger partial charge in [-0.25, -0.2) is 4.98 Å². The van der Waals surface area contributed by atoms with E-state index in [1.54, 1.807) is 12.1 Å². The second kappa shape index (κ2) is 8.66. The molecule has 1 aliphatic heterocycles. The normalized spacial score (nSPS) is 14.5. The molecule has 5 heteroatoms. The van der Waals surface area contributed by atoms with Crippen molar-refractivity contribution in [3.63, 3.8) is 0 Å². The SMILES string of the molecule is Cc1cc(N2CCCCC2)nc2ccc(NC(=O)/C=C/c3cccc(Cl)c3)cc12. The lowest BCUT2D eigenvalue weighted by atomic mass is 10.1. The van der Waals surface area contributed by atoms with Gasteiger partial charge in [0.25, 0.3) is 0 Å². The quantitative estimate of drug-likeness (QED) is 0.554. The van der Waals surface area contributed by atoms with Crippen LogP contribution >= 0.6 is 11.6 Å². The van der Waals surface area contributed by atoms with Crippen molar-refractivity contribution in [1.29, 1.82) is 0 Å². The highest BCUT2D eigenvalue weighted by atomic mass is 35.5. The average molecular weight is 406 g/mol. The van der Waals surface area contributed by atoms with Gasteiger partial charge in [-0.2, -0.15) is 0 Å². The van der Waals surface area contributed by atoms with Crippen molar-refractivity contribution in [2.45, 2.75) is 26.2 Å². The number of hydrogen-bond acceptors (Lipinski definition) is 3. The second-order valence-electron chi connectivity index (χ2n) is 7.45.